The quantitative estimate of drug-likeness (QED) is 0.323. The largest absolute Gasteiger partial charge is 0.354 e. The van der Waals surface area contributed by atoms with Gasteiger partial charge in [-0.3, -0.25) is 14.9 Å². The van der Waals surface area contributed by atoms with Gasteiger partial charge in [0.05, 0.1) is 16.2 Å². The van der Waals surface area contributed by atoms with Gasteiger partial charge in [0.2, 0.25) is 0 Å². The fourth-order valence-electron chi connectivity index (χ4n) is 3.08. The Hall–Kier alpha value is -3.73. The lowest BCUT2D eigenvalue weighted by Crippen LogP contribution is -2.02. The van der Waals surface area contributed by atoms with Gasteiger partial charge in [-0.25, -0.2) is 0 Å². The average Bonchev–Trinajstić information content (AvgIpc) is 3.07. The van der Waals surface area contributed by atoms with Crippen LogP contribution in [0.4, 0.5) is 5.69 Å². The molecular formula is C21H14N2O3. The van der Waals surface area contributed by atoms with Crippen molar-refractivity contribution in [3.05, 3.63) is 100 Å². The highest BCUT2D eigenvalue weighted by atomic mass is 16.6. The number of hydrogen-bond donors (Lipinski definition) is 1. The first-order valence-electron chi connectivity index (χ1n) is 8.10. The highest BCUT2D eigenvalue weighted by Crippen LogP contribution is 2.33. The van der Waals surface area contributed by atoms with E-state index in [2.05, 4.69) is 4.98 Å². The van der Waals surface area contributed by atoms with E-state index in [1.807, 2.05) is 42.5 Å². The minimum atomic E-state index is -0.439. The second kappa shape index (κ2) is 6.29. The molecule has 1 aromatic heterocycles. The summed E-state index contributed by atoms with van der Waals surface area (Å²) in [5.41, 5.74) is 3.42. The maximum atomic E-state index is 13.2. The number of H-pyrrole nitrogens is 1. The molecule has 0 radical (unpaired) electrons. The zero-order valence-corrected chi connectivity index (χ0v) is 13.7. The first-order valence-corrected chi connectivity index (χ1v) is 8.10. The van der Waals surface area contributed by atoms with Gasteiger partial charge >= 0.3 is 0 Å². The van der Waals surface area contributed by atoms with E-state index in [0.717, 1.165) is 16.5 Å². The molecule has 0 atom stereocenters. The third-order valence-corrected chi connectivity index (χ3v) is 4.34. The Bertz CT molecular complexity index is 1110. The van der Waals surface area contributed by atoms with E-state index in [9.17, 15) is 14.9 Å². The van der Waals surface area contributed by atoms with Crippen molar-refractivity contribution in [1.82, 2.24) is 4.98 Å². The van der Waals surface area contributed by atoms with Crippen LogP contribution in [0.5, 0.6) is 0 Å². The number of hydrogen-bond acceptors (Lipinski definition) is 3. The van der Waals surface area contributed by atoms with Crippen molar-refractivity contribution in [2.75, 3.05) is 0 Å². The molecule has 0 aliphatic heterocycles. The van der Waals surface area contributed by atoms with Crippen molar-refractivity contribution in [2.24, 2.45) is 0 Å². The number of carbonyl (C=O) groups is 1. The molecule has 5 nitrogen and oxygen atoms in total. The van der Waals surface area contributed by atoms with E-state index in [4.69, 9.17) is 0 Å². The molecule has 1 heterocycles. The van der Waals surface area contributed by atoms with E-state index < -0.39 is 4.92 Å². The molecule has 0 fully saturated rings. The van der Waals surface area contributed by atoms with Crippen molar-refractivity contribution < 1.29 is 9.72 Å². The second-order valence-electron chi connectivity index (χ2n) is 5.92. The van der Waals surface area contributed by atoms with Crippen molar-refractivity contribution in [3.63, 3.8) is 0 Å². The number of non-ortho nitro benzene ring substituents is 1. The SMILES string of the molecule is O=C(c1ccccc1)c1c(-c2ccc([N+](=O)[O-])cc2)[nH]c2ccccc12. The number of nitrogens with zero attached hydrogens (tertiary/aromatic N) is 1. The van der Waals surface area contributed by atoms with Crippen molar-refractivity contribution >= 4 is 22.4 Å². The Morgan fingerprint density at radius 1 is 0.846 bits per heavy atom. The first kappa shape index (κ1) is 15.8. The molecule has 0 saturated carbocycles. The van der Waals surface area contributed by atoms with Gasteiger partial charge in [0.15, 0.2) is 5.78 Å². The second-order valence-corrected chi connectivity index (χ2v) is 5.92. The predicted octanol–water partition coefficient (Wildman–Crippen LogP) is 4.97. The smallest absolute Gasteiger partial charge is 0.269 e. The number of carbonyl (C=O) groups excluding carboxylic acids is 1. The number of ketones is 1. The Morgan fingerprint density at radius 3 is 2.19 bits per heavy atom. The molecule has 0 unspecified atom stereocenters. The zero-order valence-electron chi connectivity index (χ0n) is 13.7. The lowest BCUT2D eigenvalue weighted by atomic mass is 9.97. The maximum Gasteiger partial charge on any atom is 0.269 e. The van der Waals surface area contributed by atoms with Crippen LogP contribution in [0.3, 0.4) is 0 Å². The van der Waals surface area contributed by atoms with Crippen LogP contribution in [0.2, 0.25) is 0 Å². The summed E-state index contributed by atoms with van der Waals surface area (Å²) in [5.74, 6) is -0.0867. The van der Waals surface area contributed by atoms with Gasteiger partial charge in [-0.15, -0.1) is 0 Å². The maximum absolute atomic E-state index is 13.2. The molecule has 0 amide bonds. The summed E-state index contributed by atoms with van der Waals surface area (Å²) in [6, 6.07) is 22.9. The molecule has 4 rings (SSSR count). The van der Waals surface area contributed by atoms with Crippen LogP contribution in [-0.2, 0) is 0 Å². The monoisotopic (exact) mass is 342 g/mol. The Balaban J connectivity index is 1.92. The summed E-state index contributed by atoms with van der Waals surface area (Å²) in [7, 11) is 0. The van der Waals surface area contributed by atoms with Crippen LogP contribution in [0.1, 0.15) is 15.9 Å². The molecule has 0 bridgehead atoms. The van der Waals surface area contributed by atoms with Crippen LogP contribution in [-0.4, -0.2) is 15.7 Å². The minimum absolute atomic E-state index is 0.0146. The number of para-hydroxylation sites is 1. The number of rotatable bonds is 4. The molecule has 5 heteroatoms. The Kier molecular flexibility index (Phi) is 3.82. The third-order valence-electron chi connectivity index (χ3n) is 4.34. The van der Waals surface area contributed by atoms with E-state index in [0.29, 0.717) is 16.8 Å². The van der Waals surface area contributed by atoms with Crippen LogP contribution < -0.4 is 0 Å². The van der Waals surface area contributed by atoms with Crippen LogP contribution in [0.25, 0.3) is 22.2 Å². The standard InChI is InChI=1S/C21H14N2O3/c24-21(15-6-2-1-3-7-15)19-17-8-4-5-9-18(17)22-20(19)14-10-12-16(13-11-14)23(25)26/h1-13,22H. The molecule has 26 heavy (non-hydrogen) atoms. The van der Waals surface area contributed by atoms with Gasteiger partial charge in [0, 0.05) is 28.6 Å². The molecule has 3 aromatic carbocycles. The van der Waals surface area contributed by atoms with Crippen LogP contribution in [0, 0.1) is 10.1 Å². The lowest BCUT2D eigenvalue weighted by Gasteiger charge is -2.05. The van der Waals surface area contributed by atoms with Gasteiger partial charge in [0.1, 0.15) is 0 Å². The summed E-state index contributed by atoms with van der Waals surface area (Å²) < 4.78 is 0. The summed E-state index contributed by atoms with van der Waals surface area (Å²) in [6.45, 7) is 0. The summed E-state index contributed by atoms with van der Waals surface area (Å²) >= 11 is 0. The highest BCUT2D eigenvalue weighted by Gasteiger charge is 2.21. The molecule has 4 aromatic rings. The number of benzene rings is 3. The summed E-state index contributed by atoms with van der Waals surface area (Å²) in [5, 5.41) is 11.7. The Morgan fingerprint density at radius 2 is 1.50 bits per heavy atom. The molecule has 0 aliphatic carbocycles. The average molecular weight is 342 g/mol. The first-order chi connectivity index (χ1) is 12.6. The molecule has 0 spiro atoms. The number of aromatic nitrogens is 1. The number of fused-ring (bicyclic) bond motifs is 1. The van der Waals surface area contributed by atoms with Gasteiger partial charge in [0.25, 0.3) is 5.69 Å². The van der Waals surface area contributed by atoms with Gasteiger partial charge in [-0.2, -0.15) is 0 Å². The number of nitrogens with one attached hydrogen (secondary N) is 1. The molecular weight excluding hydrogens is 328 g/mol. The number of nitro groups is 1. The van der Waals surface area contributed by atoms with E-state index >= 15 is 0 Å². The van der Waals surface area contributed by atoms with Crippen molar-refractivity contribution in [1.29, 1.82) is 0 Å². The number of aromatic amines is 1. The molecule has 1 N–H and O–H groups in total. The van der Waals surface area contributed by atoms with Gasteiger partial charge < -0.3 is 4.98 Å². The normalized spacial score (nSPS) is 10.8. The van der Waals surface area contributed by atoms with Crippen molar-refractivity contribution in [3.8, 4) is 11.3 Å². The summed E-state index contributed by atoms with van der Waals surface area (Å²) in [6.07, 6.45) is 0. The Labute approximate surface area is 149 Å². The third kappa shape index (κ3) is 2.65. The topological polar surface area (TPSA) is 76.0 Å². The fourth-order valence-corrected chi connectivity index (χ4v) is 3.08. The zero-order chi connectivity index (χ0) is 18.1. The number of nitro benzene ring substituents is 1. The highest BCUT2D eigenvalue weighted by molar-refractivity contribution is 6.20. The molecule has 126 valence electrons. The lowest BCUT2D eigenvalue weighted by molar-refractivity contribution is -0.384. The van der Waals surface area contributed by atoms with E-state index in [-0.39, 0.29) is 11.5 Å². The summed E-state index contributed by atoms with van der Waals surface area (Å²) in [4.78, 5) is 26.9. The predicted molar refractivity (Wildman–Crippen MR) is 100 cm³/mol. The fraction of sp³-hybridized carbons (Fsp3) is 0. The van der Waals surface area contributed by atoms with Gasteiger partial charge in [-0.05, 0) is 23.8 Å². The van der Waals surface area contributed by atoms with Crippen LogP contribution >= 0.6 is 0 Å². The van der Waals surface area contributed by atoms with E-state index in [1.54, 1.807) is 24.3 Å². The van der Waals surface area contributed by atoms with Crippen molar-refractivity contribution in [2.45, 2.75) is 0 Å². The molecule has 0 aliphatic rings. The minimum Gasteiger partial charge on any atom is -0.354 e. The molecule has 0 saturated heterocycles. The van der Waals surface area contributed by atoms with E-state index in [1.165, 1.54) is 12.1 Å². The van der Waals surface area contributed by atoms with Gasteiger partial charge in [-0.1, -0.05) is 48.5 Å². The van der Waals surface area contributed by atoms with Crippen LogP contribution in [0.15, 0.2) is 78.9 Å².